The van der Waals surface area contributed by atoms with Crippen LogP contribution in [0.4, 0.5) is 5.69 Å². The lowest BCUT2D eigenvalue weighted by molar-refractivity contribution is 0.0693. The molecule has 0 spiro atoms. The first-order chi connectivity index (χ1) is 9.50. The van der Waals surface area contributed by atoms with Crippen molar-refractivity contribution in [3.8, 4) is 5.75 Å². The minimum absolute atomic E-state index is 0.0129. The predicted molar refractivity (Wildman–Crippen MR) is 72.3 cm³/mol. The Morgan fingerprint density at radius 1 is 1.15 bits per heavy atom. The molecule has 6 nitrogen and oxygen atoms in total. The summed E-state index contributed by atoms with van der Waals surface area (Å²) in [6, 6.07) is 7.01. The lowest BCUT2D eigenvalue weighted by Gasteiger charge is -2.09. The number of carboxylic acid groups (broad SMARTS) is 1. The van der Waals surface area contributed by atoms with Crippen LogP contribution < -0.4 is 5.32 Å². The number of aromatic hydroxyl groups is 1. The van der Waals surface area contributed by atoms with Gasteiger partial charge >= 0.3 is 5.97 Å². The molecule has 0 aliphatic carbocycles. The molecule has 0 aliphatic rings. The third kappa shape index (κ3) is 2.70. The second kappa shape index (κ2) is 5.58. The van der Waals surface area contributed by atoms with Crippen LogP contribution in [0.2, 0.25) is 5.15 Å². The molecular formula is C13H9ClN2O4. The van der Waals surface area contributed by atoms with E-state index in [4.69, 9.17) is 16.7 Å². The van der Waals surface area contributed by atoms with Crippen molar-refractivity contribution < 1.29 is 19.8 Å². The van der Waals surface area contributed by atoms with Crippen molar-refractivity contribution in [2.45, 2.75) is 0 Å². The number of carbonyl (C=O) groups is 2. The monoisotopic (exact) mass is 292 g/mol. The lowest BCUT2D eigenvalue weighted by atomic mass is 10.1. The van der Waals surface area contributed by atoms with Gasteiger partial charge in [-0.25, -0.2) is 9.78 Å². The summed E-state index contributed by atoms with van der Waals surface area (Å²) in [4.78, 5) is 26.6. The predicted octanol–water partition coefficient (Wildman–Crippen LogP) is 2.39. The number of para-hydroxylation sites is 1. The molecule has 0 radical (unpaired) electrons. The number of nitrogens with one attached hydrogen (secondary N) is 1. The molecule has 3 N–H and O–H groups in total. The van der Waals surface area contributed by atoms with Crippen LogP contribution in [0.25, 0.3) is 0 Å². The van der Waals surface area contributed by atoms with Gasteiger partial charge in [-0.1, -0.05) is 17.7 Å². The minimum atomic E-state index is -1.29. The number of carbonyl (C=O) groups excluding carboxylic acids is 1. The molecule has 7 heteroatoms. The van der Waals surface area contributed by atoms with Crippen LogP contribution in [0.15, 0.2) is 36.5 Å². The number of carboxylic acids is 1. The van der Waals surface area contributed by atoms with Gasteiger partial charge in [-0.3, -0.25) is 4.79 Å². The maximum Gasteiger partial charge on any atom is 0.339 e. The van der Waals surface area contributed by atoms with Crippen molar-refractivity contribution >= 4 is 29.2 Å². The fourth-order valence-corrected chi connectivity index (χ4v) is 1.77. The van der Waals surface area contributed by atoms with Gasteiger partial charge < -0.3 is 15.5 Å². The van der Waals surface area contributed by atoms with Crippen LogP contribution in [0.3, 0.4) is 0 Å². The van der Waals surface area contributed by atoms with Crippen molar-refractivity contribution in [3.05, 3.63) is 52.8 Å². The Kier molecular flexibility index (Phi) is 3.86. The van der Waals surface area contributed by atoms with Crippen LogP contribution in [0.1, 0.15) is 20.7 Å². The summed E-state index contributed by atoms with van der Waals surface area (Å²) in [6.07, 6.45) is 1.43. The normalized spacial score (nSPS) is 10.1. The van der Waals surface area contributed by atoms with Crippen LogP contribution in [-0.4, -0.2) is 27.1 Å². The average molecular weight is 293 g/mol. The van der Waals surface area contributed by atoms with Gasteiger partial charge in [0.1, 0.15) is 10.7 Å². The Morgan fingerprint density at radius 3 is 2.50 bits per heavy atom. The second-order valence-corrected chi connectivity index (χ2v) is 4.16. The first kappa shape index (κ1) is 13.8. The number of aromatic nitrogens is 1. The van der Waals surface area contributed by atoms with Crippen molar-refractivity contribution in [2.24, 2.45) is 0 Å². The van der Waals surface area contributed by atoms with Crippen molar-refractivity contribution in [2.75, 3.05) is 5.32 Å². The molecule has 20 heavy (non-hydrogen) atoms. The van der Waals surface area contributed by atoms with Gasteiger partial charge in [-0.05, 0) is 24.3 Å². The molecule has 2 aromatic rings. The molecule has 0 bridgehead atoms. The van der Waals surface area contributed by atoms with Crippen molar-refractivity contribution in [1.29, 1.82) is 0 Å². The molecule has 1 aromatic carbocycles. The fraction of sp³-hybridized carbons (Fsp3) is 0. The van der Waals surface area contributed by atoms with E-state index in [1.165, 1.54) is 36.5 Å². The Bertz CT molecular complexity index is 688. The number of nitrogens with zero attached hydrogens (tertiary/aromatic N) is 1. The fourth-order valence-electron chi connectivity index (χ4n) is 1.56. The Labute approximate surface area is 118 Å². The number of aromatic carboxylic acids is 1. The average Bonchev–Trinajstić information content (AvgIpc) is 2.41. The zero-order valence-corrected chi connectivity index (χ0v) is 10.8. The van der Waals surface area contributed by atoms with Crippen molar-refractivity contribution in [3.63, 3.8) is 0 Å². The number of rotatable bonds is 3. The van der Waals surface area contributed by atoms with Gasteiger partial charge in [0.25, 0.3) is 5.91 Å². The zero-order valence-electron chi connectivity index (χ0n) is 10.0. The van der Waals surface area contributed by atoms with E-state index in [1.54, 1.807) is 0 Å². The zero-order chi connectivity index (χ0) is 14.7. The minimum Gasteiger partial charge on any atom is -0.505 e. The number of benzene rings is 1. The topological polar surface area (TPSA) is 99.5 Å². The third-order valence-electron chi connectivity index (χ3n) is 2.52. The first-order valence-corrected chi connectivity index (χ1v) is 5.85. The highest BCUT2D eigenvalue weighted by atomic mass is 35.5. The Hall–Kier alpha value is -2.60. The summed E-state index contributed by atoms with van der Waals surface area (Å²) in [5, 5.41) is 21.1. The summed E-state index contributed by atoms with van der Waals surface area (Å²) >= 11 is 5.78. The smallest absolute Gasteiger partial charge is 0.339 e. The molecule has 1 aromatic heterocycles. The van der Waals surface area contributed by atoms with Crippen molar-refractivity contribution in [1.82, 2.24) is 4.98 Å². The number of phenols is 1. The van der Waals surface area contributed by atoms with Crippen LogP contribution in [0, 0.1) is 0 Å². The highest BCUT2D eigenvalue weighted by Crippen LogP contribution is 2.28. The van der Waals surface area contributed by atoms with E-state index < -0.39 is 17.6 Å². The SMILES string of the molecule is O=C(Nc1cccc(C(=O)O)c1O)c1cccnc1Cl. The molecular weight excluding hydrogens is 284 g/mol. The standard InChI is InChI=1S/C13H9ClN2O4/c14-11-8(4-2-6-15-11)12(18)16-9-5-1-3-7(10(9)17)13(19)20/h1-6,17H,(H,16,18)(H,19,20). The highest BCUT2D eigenvalue weighted by molar-refractivity contribution is 6.33. The van der Waals surface area contributed by atoms with E-state index in [0.717, 1.165) is 0 Å². The number of amides is 1. The van der Waals surface area contributed by atoms with Crippen LogP contribution >= 0.6 is 11.6 Å². The molecule has 1 amide bonds. The maximum atomic E-state index is 12.0. The summed E-state index contributed by atoms with van der Waals surface area (Å²) in [5.74, 6) is -2.41. The van der Waals surface area contributed by atoms with E-state index in [-0.39, 0.29) is 22.0 Å². The molecule has 1 heterocycles. The van der Waals surface area contributed by atoms with Gasteiger partial charge in [0.15, 0.2) is 5.75 Å². The maximum absolute atomic E-state index is 12.0. The molecule has 102 valence electrons. The highest BCUT2D eigenvalue weighted by Gasteiger charge is 2.16. The summed E-state index contributed by atoms with van der Waals surface area (Å²) in [5.41, 5.74) is -0.204. The number of anilines is 1. The van der Waals surface area contributed by atoms with Gasteiger partial charge in [0.2, 0.25) is 0 Å². The van der Waals surface area contributed by atoms with Gasteiger partial charge in [0.05, 0.1) is 11.3 Å². The Balaban J connectivity index is 2.32. The largest absolute Gasteiger partial charge is 0.505 e. The van der Waals surface area contributed by atoms with Gasteiger partial charge in [-0.2, -0.15) is 0 Å². The van der Waals surface area contributed by atoms with E-state index >= 15 is 0 Å². The van der Waals surface area contributed by atoms with E-state index in [9.17, 15) is 14.7 Å². The van der Waals surface area contributed by atoms with E-state index in [2.05, 4.69) is 10.3 Å². The first-order valence-electron chi connectivity index (χ1n) is 5.48. The lowest BCUT2D eigenvalue weighted by Crippen LogP contribution is -2.13. The second-order valence-electron chi connectivity index (χ2n) is 3.80. The van der Waals surface area contributed by atoms with Gasteiger partial charge in [0, 0.05) is 6.20 Å². The van der Waals surface area contributed by atoms with Crippen LogP contribution in [0.5, 0.6) is 5.75 Å². The number of pyridine rings is 1. The quantitative estimate of drug-likeness (QED) is 0.596. The molecule has 0 fully saturated rings. The molecule has 0 atom stereocenters. The molecule has 0 saturated carbocycles. The third-order valence-corrected chi connectivity index (χ3v) is 2.82. The Morgan fingerprint density at radius 2 is 1.85 bits per heavy atom. The molecule has 0 saturated heterocycles. The summed E-state index contributed by atoms with van der Waals surface area (Å²) in [7, 11) is 0. The van der Waals surface area contributed by atoms with E-state index in [1.807, 2.05) is 0 Å². The number of halogens is 1. The van der Waals surface area contributed by atoms with Gasteiger partial charge in [-0.15, -0.1) is 0 Å². The van der Waals surface area contributed by atoms with E-state index in [0.29, 0.717) is 0 Å². The number of hydrogen-bond donors (Lipinski definition) is 3. The molecule has 2 rings (SSSR count). The summed E-state index contributed by atoms with van der Waals surface area (Å²) < 4.78 is 0. The number of hydrogen-bond acceptors (Lipinski definition) is 4. The summed E-state index contributed by atoms with van der Waals surface area (Å²) in [6.45, 7) is 0. The molecule has 0 unspecified atom stereocenters. The molecule has 0 aliphatic heterocycles. The van der Waals surface area contributed by atoms with Crippen LogP contribution in [-0.2, 0) is 0 Å².